The molecule has 0 bridgehead atoms. The van der Waals surface area contributed by atoms with E-state index in [-0.39, 0.29) is 6.54 Å². The number of carbonyl (C=O) groups is 2. The third-order valence-electron chi connectivity index (χ3n) is 2.36. The number of amides is 2. The summed E-state index contributed by atoms with van der Waals surface area (Å²) in [5.41, 5.74) is 0. The van der Waals surface area contributed by atoms with Crippen LogP contribution in [0.2, 0.25) is 0 Å². The van der Waals surface area contributed by atoms with Gasteiger partial charge in [-0.3, -0.25) is 0 Å². The van der Waals surface area contributed by atoms with Crippen LogP contribution < -0.4 is 10.6 Å². The molecule has 1 unspecified atom stereocenters. The highest BCUT2D eigenvalue weighted by atomic mass is 16.5. The number of hydrogen-bond donors (Lipinski definition) is 3. The molecular formula is C11H17N3O5. The van der Waals surface area contributed by atoms with Gasteiger partial charge in [-0.1, -0.05) is 5.16 Å². The van der Waals surface area contributed by atoms with Gasteiger partial charge in [0.15, 0.2) is 5.76 Å². The average molecular weight is 271 g/mol. The summed E-state index contributed by atoms with van der Waals surface area (Å²) in [4.78, 5) is 22.5. The summed E-state index contributed by atoms with van der Waals surface area (Å²) in [6.45, 7) is 0.599. The Morgan fingerprint density at radius 2 is 2.37 bits per heavy atom. The van der Waals surface area contributed by atoms with Gasteiger partial charge in [-0.15, -0.1) is 0 Å². The van der Waals surface area contributed by atoms with Crippen molar-refractivity contribution in [3.8, 4) is 0 Å². The first-order valence-electron chi connectivity index (χ1n) is 5.79. The number of carbonyl (C=O) groups excluding carboxylic acids is 1. The molecular weight excluding hydrogens is 254 g/mol. The van der Waals surface area contributed by atoms with E-state index in [0.29, 0.717) is 25.2 Å². The standard InChI is InChI=1S/C11H17N3O5/c1-18-6-2-3-9(10(15)16)14-11(17)12-7-8-4-5-13-19-8/h4-5,9H,2-3,6-7H2,1H3,(H,15,16)(H2,12,14,17). The lowest BCUT2D eigenvalue weighted by atomic mass is 10.1. The number of ether oxygens (including phenoxy) is 1. The number of carboxylic acids is 1. The monoisotopic (exact) mass is 271 g/mol. The minimum Gasteiger partial charge on any atom is -0.480 e. The third-order valence-corrected chi connectivity index (χ3v) is 2.36. The van der Waals surface area contributed by atoms with Crippen LogP contribution in [0.15, 0.2) is 16.8 Å². The lowest BCUT2D eigenvalue weighted by Gasteiger charge is -2.14. The average Bonchev–Trinajstić information content (AvgIpc) is 2.88. The van der Waals surface area contributed by atoms with Gasteiger partial charge in [-0.25, -0.2) is 9.59 Å². The maximum atomic E-state index is 11.5. The molecule has 0 aromatic carbocycles. The van der Waals surface area contributed by atoms with Crippen LogP contribution in [-0.4, -0.2) is 42.0 Å². The fraction of sp³-hybridized carbons (Fsp3) is 0.545. The summed E-state index contributed by atoms with van der Waals surface area (Å²) in [6.07, 6.45) is 2.31. The summed E-state index contributed by atoms with van der Waals surface area (Å²) in [5.74, 6) is -0.590. The number of nitrogens with one attached hydrogen (secondary N) is 2. The van der Waals surface area contributed by atoms with Crippen molar-refractivity contribution in [1.82, 2.24) is 15.8 Å². The van der Waals surface area contributed by atoms with Crippen molar-refractivity contribution in [1.29, 1.82) is 0 Å². The Bertz CT molecular complexity index is 393. The van der Waals surface area contributed by atoms with Crippen LogP contribution in [0.4, 0.5) is 4.79 Å². The molecule has 1 heterocycles. The topological polar surface area (TPSA) is 114 Å². The molecule has 0 spiro atoms. The molecule has 0 radical (unpaired) electrons. The van der Waals surface area contributed by atoms with Gasteiger partial charge >= 0.3 is 12.0 Å². The quantitative estimate of drug-likeness (QED) is 0.588. The number of carboxylic acid groups (broad SMARTS) is 1. The maximum Gasteiger partial charge on any atom is 0.326 e. The lowest BCUT2D eigenvalue weighted by Crippen LogP contribution is -2.45. The molecule has 0 aliphatic carbocycles. The van der Waals surface area contributed by atoms with Crippen molar-refractivity contribution in [2.45, 2.75) is 25.4 Å². The third kappa shape index (κ3) is 5.87. The molecule has 0 fully saturated rings. The van der Waals surface area contributed by atoms with E-state index in [4.69, 9.17) is 14.4 Å². The molecule has 0 saturated carbocycles. The summed E-state index contributed by atoms with van der Waals surface area (Å²) in [7, 11) is 1.54. The highest BCUT2D eigenvalue weighted by Gasteiger charge is 2.19. The van der Waals surface area contributed by atoms with Gasteiger partial charge in [0.2, 0.25) is 0 Å². The summed E-state index contributed by atoms with van der Waals surface area (Å²) >= 11 is 0. The van der Waals surface area contributed by atoms with Gasteiger partial charge in [0, 0.05) is 19.8 Å². The highest BCUT2D eigenvalue weighted by Crippen LogP contribution is 1.99. The molecule has 8 nitrogen and oxygen atoms in total. The minimum absolute atomic E-state index is 0.149. The first-order valence-corrected chi connectivity index (χ1v) is 5.79. The van der Waals surface area contributed by atoms with Crippen LogP contribution in [0.3, 0.4) is 0 Å². The van der Waals surface area contributed by atoms with Crippen LogP contribution in [0.5, 0.6) is 0 Å². The lowest BCUT2D eigenvalue weighted by molar-refractivity contribution is -0.139. The van der Waals surface area contributed by atoms with Gasteiger partial charge < -0.3 is 25.0 Å². The predicted molar refractivity (Wildman–Crippen MR) is 64.4 cm³/mol. The number of hydrogen-bond acceptors (Lipinski definition) is 5. The van der Waals surface area contributed by atoms with Crippen molar-refractivity contribution in [3.05, 3.63) is 18.0 Å². The SMILES string of the molecule is COCCCC(NC(=O)NCc1ccno1)C(=O)O. The molecule has 1 aromatic heterocycles. The fourth-order valence-electron chi connectivity index (χ4n) is 1.40. The normalized spacial score (nSPS) is 11.8. The number of nitrogens with zero attached hydrogens (tertiary/aromatic N) is 1. The van der Waals surface area contributed by atoms with Crippen molar-refractivity contribution >= 4 is 12.0 Å². The molecule has 1 aromatic rings. The Labute approximate surface area is 110 Å². The highest BCUT2D eigenvalue weighted by molar-refractivity contribution is 5.82. The van der Waals surface area contributed by atoms with Crippen LogP contribution in [0.1, 0.15) is 18.6 Å². The Morgan fingerprint density at radius 3 is 2.95 bits per heavy atom. The van der Waals surface area contributed by atoms with Gasteiger partial charge in [0.05, 0.1) is 12.7 Å². The minimum atomic E-state index is -1.08. The Hall–Kier alpha value is -2.09. The fourth-order valence-corrected chi connectivity index (χ4v) is 1.40. The van der Waals surface area contributed by atoms with E-state index in [9.17, 15) is 9.59 Å². The van der Waals surface area contributed by atoms with Crippen LogP contribution in [0, 0.1) is 0 Å². The van der Waals surface area contributed by atoms with E-state index in [1.54, 1.807) is 6.07 Å². The van der Waals surface area contributed by atoms with Gasteiger partial charge in [-0.2, -0.15) is 0 Å². The molecule has 8 heteroatoms. The number of aromatic nitrogens is 1. The Kier molecular flexibility index (Phi) is 6.37. The van der Waals surface area contributed by atoms with E-state index in [1.807, 2.05) is 0 Å². The predicted octanol–water partition coefficient (Wildman–Crippen LogP) is 0.354. The van der Waals surface area contributed by atoms with E-state index in [1.165, 1.54) is 13.3 Å². The number of methoxy groups -OCH3 is 1. The molecule has 1 rings (SSSR count). The molecule has 0 saturated heterocycles. The smallest absolute Gasteiger partial charge is 0.326 e. The van der Waals surface area contributed by atoms with Gasteiger partial charge in [-0.05, 0) is 12.8 Å². The second kappa shape index (κ2) is 8.09. The molecule has 19 heavy (non-hydrogen) atoms. The molecule has 106 valence electrons. The molecule has 1 atom stereocenters. The van der Waals surface area contributed by atoms with E-state index >= 15 is 0 Å². The second-order valence-electron chi connectivity index (χ2n) is 3.83. The van der Waals surface area contributed by atoms with Crippen molar-refractivity contribution in [2.24, 2.45) is 0 Å². The number of rotatable bonds is 8. The van der Waals surface area contributed by atoms with E-state index in [2.05, 4.69) is 15.8 Å². The maximum absolute atomic E-state index is 11.5. The zero-order chi connectivity index (χ0) is 14.1. The summed E-state index contributed by atoms with van der Waals surface area (Å²) < 4.78 is 9.62. The molecule has 0 aliphatic heterocycles. The zero-order valence-electron chi connectivity index (χ0n) is 10.6. The first-order chi connectivity index (χ1) is 9.13. The van der Waals surface area contributed by atoms with Crippen LogP contribution in [-0.2, 0) is 16.1 Å². The second-order valence-corrected chi connectivity index (χ2v) is 3.83. The van der Waals surface area contributed by atoms with Crippen molar-refractivity contribution < 1.29 is 24.0 Å². The zero-order valence-corrected chi connectivity index (χ0v) is 10.6. The number of aliphatic carboxylic acids is 1. The molecule has 3 N–H and O–H groups in total. The molecule has 2 amide bonds. The van der Waals surface area contributed by atoms with E-state index < -0.39 is 18.0 Å². The van der Waals surface area contributed by atoms with Crippen molar-refractivity contribution in [2.75, 3.05) is 13.7 Å². The summed E-state index contributed by atoms with van der Waals surface area (Å²) in [5, 5.41) is 17.3. The largest absolute Gasteiger partial charge is 0.480 e. The van der Waals surface area contributed by atoms with E-state index in [0.717, 1.165) is 0 Å². The van der Waals surface area contributed by atoms with Crippen LogP contribution in [0.25, 0.3) is 0 Å². The number of urea groups is 1. The molecule has 0 aliphatic rings. The van der Waals surface area contributed by atoms with Crippen molar-refractivity contribution in [3.63, 3.8) is 0 Å². The first kappa shape index (κ1) is 15.0. The van der Waals surface area contributed by atoms with Crippen LogP contribution >= 0.6 is 0 Å². The van der Waals surface area contributed by atoms with Gasteiger partial charge in [0.25, 0.3) is 0 Å². The summed E-state index contributed by atoms with van der Waals surface area (Å²) in [6, 6.07) is 0.0965. The van der Waals surface area contributed by atoms with Gasteiger partial charge in [0.1, 0.15) is 6.04 Å². The Morgan fingerprint density at radius 1 is 1.58 bits per heavy atom. The Balaban J connectivity index is 2.32.